The second kappa shape index (κ2) is 3.66. The molecule has 0 aromatic carbocycles. The maximum absolute atomic E-state index is 11.1. The summed E-state index contributed by atoms with van der Waals surface area (Å²) in [5.74, 6) is -1.02. The minimum Gasteiger partial charge on any atom is -0.433 e. The fraction of sp³-hybridized carbons (Fsp3) is 0.875. The van der Waals surface area contributed by atoms with E-state index in [0.29, 0.717) is 6.61 Å². The number of carbonyl (C=O) groups is 1. The molecule has 70 valence electrons. The van der Waals surface area contributed by atoms with E-state index >= 15 is 0 Å². The smallest absolute Gasteiger partial charge is 0.320 e. The summed E-state index contributed by atoms with van der Waals surface area (Å²) >= 11 is 3.97. The highest BCUT2D eigenvalue weighted by atomic mass is 32.1. The summed E-state index contributed by atoms with van der Waals surface area (Å²) in [5, 5.41) is -0.383. The summed E-state index contributed by atoms with van der Waals surface area (Å²) in [6, 6.07) is 0. The van der Waals surface area contributed by atoms with E-state index in [1.165, 1.54) is 0 Å². The zero-order valence-electron chi connectivity index (χ0n) is 7.37. The number of rotatable bonds is 2. The first-order chi connectivity index (χ1) is 5.53. The van der Waals surface area contributed by atoms with Crippen molar-refractivity contribution in [2.24, 2.45) is 0 Å². The van der Waals surface area contributed by atoms with Crippen LogP contribution in [0.3, 0.4) is 0 Å². The monoisotopic (exact) mass is 190 g/mol. The Morgan fingerprint density at radius 1 is 1.75 bits per heavy atom. The molecule has 0 bridgehead atoms. The molecule has 1 saturated heterocycles. The van der Waals surface area contributed by atoms with Gasteiger partial charge in [-0.15, -0.1) is 0 Å². The Bertz CT molecular complexity index is 173. The largest absolute Gasteiger partial charge is 0.433 e. The molecule has 1 aliphatic heterocycles. The van der Waals surface area contributed by atoms with Gasteiger partial charge in [0.15, 0.2) is 0 Å². The maximum atomic E-state index is 11.1. The van der Waals surface area contributed by atoms with Crippen LogP contribution in [0.1, 0.15) is 26.7 Å². The van der Waals surface area contributed by atoms with Gasteiger partial charge in [-0.05, 0) is 13.3 Å². The lowest BCUT2D eigenvalue weighted by molar-refractivity contribution is -0.204. The third-order valence-corrected chi connectivity index (χ3v) is 2.05. The lowest BCUT2D eigenvalue weighted by Crippen LogP contribution is -2.33. The number of ether oxygens (including phenoxy) is 2. The Hall–Kier alpha value is -0.220. The van der Waals surface area contributed by atoms with Gasteiger partial charge in [-0.1, -0.05) is 0 Å². The molecule has 3 nitrogen and oxygen atoms in total. The molecule has 0 aliphatic carbocycles. The van der Waals surface area contributed by atoms with Gasteiger partial charge in [-0.25, -0.2) is 0 Å². The first-order valence-electron chi connectivity index (χ1n) is 4.08. The van der Waals surface area contributed by atoms with E-state index < -0.39 is 5.79 Å². The van der Waals surface area contributed by atoms with Crippen molar-refractivity contribution < 1.29 is 14.3 Å². The maximum Gasteiger partial charge on any atom is 0.320 e. The van der Waals surface area contributed by atoms with Crippen molar-refractivity contribution >= 4 is 18.6 Å². The molecule has 0 radical (unpaired) electrons. The number of esters is 1. The van der Waals surface area contributed by atoms with Crippen LogP contribution in [0.25, 0.3) is 0 Å². The van der Waals surface area contributed by atoms with Gasteiger partial charge >= 0.3 is 5.97 Å². The highest BCUT2D eigenvalue weighted by Crippen LogP contribution is 2.26. The lowest BCUT2D eigenvalue weighted by atomic mass is 10.2. The summed E-state index contributed by atoms with van der Waals surface area (Å²) in [4.78, 5) is 11.1. The van der Waals surface area contributed by atoms with E-state index in [4.69, 9.17) is 9.47 Å². The molecule has 0 saturated carbocycles. The predicted octanol–water partition coefficient (Wildman–Crippen LogP) is 1.37. The fourth-order valence-electron chi connectivity index (χ4n) is 1.13. The average molecular weight is 190 g/mol. The molecule has 0 aromatic heterocycles. The molecule has 0 spiro atoms. The molecular formula is C8H14O3S. The van der Waals surface area contributed by atoms with E-state index in [0.717, 1.165) is 12.8 Å². The lowest BCUT2D eigenvalue weighted by Gasteiger charge is -2.23. The standard InChI is InChI=1S/C8H14O3S/c1-6(12)7(9)11-8(2)4-3-5-10-8/h6,12H,3-5H2,1-2H3. The van der Waals surface area contributed by atoms with Crippen molar-refractivity contribution in [2.75, 3.05) is 6.61 Å². The first kappa shape index (κ1) is 9.86. The summed E-state index contributed by atoms with van der Waals surface area (Å²) < 4.78 is 10.4. The molecule has 1 rings (SSSR count). The van der Waals surface area contributed by atoms with Crippen molar-refractivity contribution in [1.29, 1.82) is 0 Å². The average Bonchev–Trinajstić information content (AvgIpc) is 2.35. The van der Waals surface area contributed by atoms with Crippen molar-refractivity contribution in [1.82, 2.24) is 0 Å². The SMILES string of the molecule is CC(S)C(=O)OC1(C)CCCO1. The van der Waals surface area contributed by atoms with Crippen LogP contribution >= 0.6 is 12.6 Å². The van der Waals surface area contributed by atoms with Crippen molar-refractivity contribution in [2.45, 2.75) is 37.7 Å². The van der Waals surface area contributed by atoms with Crippen molar-refractivity contribution in [3.8, 4) is 0 Å². The topological polar surface area (TPSA) is 35.5 Å². The molecule has 1 fully saturated rings. The summed E-state index contributed by atoms with van der Waals surface area (Å²) in [6.45, 7) is 4.14. The summed E-state index contributed by atoms with van der Waals surface area (Å²) in [7, 11) is 0. The molecule has 12 heavy (non-hydrogen) atoms. The third-order valence-electron chi connectivity index (χ3n) is 1.84. The zero-order chi connectivity index (χ0) is 9.19. The Kier molecular flexibility index (Phi) is 3.01. The molecule has 0 amide bonds. The Labute approximate surface area is 77.8 Å². The van der Waals surface area contributed by atoms with Crippen LogP contribution in [-0.2, 0) is 14.3 Å². The van der Waals surface area contributed by atoms with Gasteiger partial charge in [0.2, 0.25) is 5.79 Å². The van der Waals surface area contributed by atoms with Crippen LogP contribution in [0, 0.1) is 0 Å². The van der Waals surface area contributed by atoms with Gasteiger partial charge < -0.3 is 9.47 Å². The van der Waals surface area contributed by atoms with Gasteiger partial charge in [-0.3, -0.25) is 4.79 Å². The zero-order valence-corrected chi connectivity index (χ0v) is 8.27. The normalized spacial score (nSPS) is 31.6. The number of thiol groups is 1. The summed E-state index contributed by atoms with van der Waals surface area (Å²) in [5.41, 5.74) is 0. The van der Waals surface area contributed by atoms with Crippen LogP contribution in [0.15, 0.2) is 0 Å². The van der Waals surface area contributed by atoms with Crippen LogP contribution in [0.4, 0.5) is 0 Å². The van der Waals surface area contributed by atoms with Crippen LogP contribution in [-0.4, -0.2) is 23.6 Å². The number of hydrogen-bond acceptors (Lipinski definition) is 4. The number of carbonyl (C=O) groups excluding carboxylic acids is 1. The van der Waals surface area contributed by atoms with Gasteiger partial charge in [0.25, 0.3) is 0 Å². The molecule has 1 aliphatic rings. The van der Waals surface area contributed by atoms with Crippen molar-refractivity contribution in [3.05, 3.63) is 0 Å². The highest BCUT2D eigenvalue weighted by molar-refractivity contribution is 7.81. The van der Waals surface area contributed by atoms with Gasteiger partial charge in [0.05, 0.1) is 11.9 Å². The van der Waals surface area contributed by atoms with Crippen LogP contribution in [0.5, 0.6) is 0 Å². The summed E-state index contributed by atoms with van der Waals surface area (Å²) in [6.07, 6.45) is 1.73. The predicted molar refractivity (Wildman–Crippen MR) is 48.1 cm³/mol. The molecule has 0 N–H and O–H groups in total. The highest BCUT2D eigenvalue weighted by Gasteiger charge is 2.34. The molecule has 4 heteroatoms. The van der Waals surface area contributed by atoms with Gasteiger partial charge in [0, 0.05) is 13.3 Å². The van der Waals surface area contributed by atoms with Gasteiger partial charge in [-0.2, -0.15) is 12.6 Å². The molecule has 1 heterocycles. The quantitative estimate of drug-likeness (QED) is 0.527. The number of hydrogen-bond donors (Lipinski definition) is 1. The minimum atomic E-state index is -0.700. The van der Waals surface area contributed by atoms with Crippen LogP contribution in [0.2, 0.25) is 0 Å². The Morgan fingerprint density at radius 3 is 2.83 bits per heavy atom. The van der Waals surface area contributed by atoms with Crippen molar-refractivity contribution in [3.63, 3.8) is 0 Å². The second-order valence-corrected chi connectivity index (χ2v) is 3.96. The van der Waals surface area contributed by atoms with E-state index in [-0.39, 0.29) is 11.2 Å². The van der Waals surface area contributed by atoms with E-state index in [2.05, 4.69) is 12.6 Å². The molecular weight excluding hydrogens is 176 g/mol. The van der Waals surface area contributed by atoms with Crippen LogP contribution < -0.4 is 0 Å². The third kappa shape index (κ3) is 2.38. The molecule has 0 aromatic rings. The minimum absolute atomic E-state index is 0.317. The van der Waals surface area contributed by atoms with E-state index in [1.807, 2.05) is 0 Å². The Morgan fingerprint density at radius 2 is 2.42 bits per heavy atom. The van der Waals surface area contributed by atoms with E-state index in [9.17, 15) is 4.79 Å². The Balaban J connectivity index is 2.44. The molecule has 2 unspecified atom stereocenters. The van der Waals surface area contributed by atoms with E-state index in [1.54, 1.807) is 13.8 Å². The second-order valence-electron chi connectivity index (χ2n) is 3.18. The fourth-order valence-corrected chi connectivity index (χ4v) is 1.18. The first-order valence-corrected chi connectivity index (χ1v) is 4.60. The molecule has 2 atom stereocenters. The van der Waals surface area contributed by atoms with Gasteiger partial charge in [0.1, 0.15) is 0 Å².